The topological polar surface area (TPSA) is 34.2 Å². The van der Waals surface area contributed by atoms with Gasteiger partial charge in [0.15, 0.2) is 0 Å². The first-order valence-corrected chi connectivity index (χ1v) is 10.4. The van der Waals surface area contributed by atoms with E-state index in [1.807, 2.05) is 0 Å². The van der Waals surface area contributed by atoms with Crippen LogP contribution in [0.4, 0.5) is 0 Å². The van der Waals surface area contributed by atoms with Crippen molar-refractivity contribution >= 4 is 0 Å². The van der Waals surface area contributed by atoms with Crippen molar-refractivity contribution in [2.24, 2.45) is 0 Å². The lowest BCUT2D eigenvalue weighted by molar-refractivity contribution is -0.0208. The molecule has 3 unspecified atom stereocenters. The number of hydrogen-bond donors (Lipinski definition) is 0. The number of rotatable bonds is 7. The van der Waals surface area contributed by atoms with Gasteiger partial charge in [0.25, 0.3) is 0 Å². The molecule has 5 heteroatoms. The summed E-state index contributed by atoms with van der Waals surface area (Å²) in [5.74, 6) is 0. The molecule has 0 spiro atoms. The third kappa shape index (κ3) is 7.81. The Kier molecular flexibility index (Phi) is 10.6. The smallest absolute Gasteiger partial charge is 0.0714 e. The maximum atomic E-state index is 5.80. The van der Waals surface area contributed by atoms with Gasteiger partial charge in [-0.05, 0) is 81.4 Å². The number of likely N-dealkylation sites (N-methyl/N-ethyl adjacent to an activating group) is 2. The minimum atomic E-state index is 0.292. The van der Waals surface area contributed by atoms with E-state index in [1.54, 1.807) is 7.11 Å². The molecule has 2 rings (SSSR count). The van der Waals surface area contributed by atoms with E-state index in [4.69, 9.17) is 14.2 Å². The predicted molar refractivity (Wildman–Crippen MR) is 109 cm³/mol. The second-order valence-corrected chi connectivity index (χ2v) is 8.57. The Hall–Kier alpha value is -0.200. The maximum Gasteiger partial charge on any atom is 0.0714 e. The number of methoxy groups -OCH3 is 1. The fourth-order valence-electron chi connectivity index (χ4n) is 4.27. The molecule has 0 aromatic heterocycles. The fourth-order valence-corrected chi connectivity index (χ4v) is 4.27. The highest BCUT2D eigenvalue weighted by molar-refractivity contribution is 4.87. The van der Waals surface area contributed by atoms with Gasteiger partial charge in [0.05, 0.1) is 30.5 Å². The minimum Gasteiger partial charge on any atom is -0.380 e. The first kappa shape index (κ1) is 23.8. The van der Waals surface area contributed by atoms with Crippen LogP contribution in [-0.4, -0.2) is 86.7 Å². The highest BCUT2D eigenvalue weighted by atomic mass is 16.5. The lowest BCUT2D eigenvalue weighted by atomic mass is 10.1. The van der Waals surface area contributed by atoms with E-state index in [2.05, 4.69) is 65.4 Å². The molecule has 2 aliphatic heterocycles. The Bertz CT molecular complexity index is 378. The zero-order valence-electron chi connectivity index (χ0n) is 18.7. The third-order valence-corrected chi connectivity index (χ3v) is 5.53. The normalized spacial score (nSPS) is 29.9. The highest BCUT2D eigenvalue weighted by Gasteiger charge is 2.33. The first-order valence-electron chi connectivity index (χ1n) is 10.4. The number of nitrogens with zero attached hydrogens (tertiary/aromatic N) is 2. The second-order valence-electron chi connectivity index (χ2n) is 8.57. The lowest BCUT2D eigenvalue weighted by Crippen LogP contribution is -2.37. The molecule has 156 valence electrons. The second kappa shape index (κ2) is 11.6. The number of likely N-dealkylation sites (tertiary alicyclic amines) is 2. The molecule has 2 aliphatic rings. The van der Waals surface area contributed by atoms with Crippen LogP contribution < -0.4 is 0 Å². The van der Waals surface area contributed by atoms with Gasteiger partial charge in [-0.15, -0.1) is 0 Å². The molecule has 0 bridgehead atoms. The number of ether oxygens (including phenoxy) is 3. The average Bonchev–Trinajstić information content (AvgIpc) is 3.12. The van der Waals surface area contributed by atoms with Gasteiger partial charge in [-0.1, -0.05) is 0 Å². The summed E-state index contributed by atoms with van der Waals surface area (Å²) in [6, 6.07) is 1.15. The maximum absolute atomic E-state index is 5.80. The monoisotopic (exact) mass is 372 g/mol. The van der Waals surface area contributed by atoms with E-state index < -0.39 is 0 Å². The molecule has 0 N–H and O–H groups in total. The quantitative estimate of drug-likeness (QED) is 0.684. The van der Waals surface area contributed by atoms with Crippen LogP contribution >= 0.6 is 0 Å². The summed E-state index contributed by atoms with van der Waals surface area (Å²) in [6.07, 6.45) is 5.42. The summed E-state index contributed by atoms with van der Waals surface area (Å²) in [4.78, 5) is 4.74. The molecular formula is C21H44N2O3. The SMILES string of the molecule is CC(C)O[C@@H](C)C1CCCN1C.COC1CC([C@H](C)OC(C)C)N(C)C1. The lowest BCUT2D eigenvalue weighted by Gasteiger charge is -2.27. The van der Waals surface area contributed by atoms with Gasteiger partial charge in [-0.25, -0.2) is 0 Å². The van der Waals surface area contributed by atoms with Crippen molar-refractivity contribution < 1.29 is 14.2 Å². The molecule has 0 aromatic carbocycles. The molecule has 5 nitrogen and oxygen atoms in total. The third-order valence-electron chi connectivity index (χ3n) is 5.53. The molecule has 2 fully saturated rings. The van der Waals surface area contributed by atoms with Crippen molar-refractivity contribution in [3.8, 4) is 0 Å². The van der Waals surface area contributed by atoms with Crippen LogP contribution in [0.2, 0.25) is 0 Å². The van der Waals surface area contributed by atoms with Crippen molar-refractivity contribution in [3.05, 3.63) is 0 Å². The molecule has 0 saturated carbocycles. The Labute approximate surface area is 162 Å². The molecule has 0 radical (unpaired) electrons. The zero-order chi connectivity index (χ0) is 19.9. The van der Waals surface area contributed by atoms with E-state index >= 15 is 0 Å². The summed E-state index contributed by atoms with van der Waals surface area (Å²) in [6.45, 7) is 15.0. The first-order chi connectivity index (χ1) is 12.1. The molecular weight excluding hydrogens is 328 g/mol. The zero-order valence-corrected chi connectivity index (χ0v) is 18.7. The van der Waals surface area contributed by atoms with Crippen LogP contribution in [0.15, 0.2) is 0 Å². The molecule has 0 amide bonds. The van der Waals surface area contributed by atoms with Crippen molar-refractivity contribution in [2.75, 3.05) is 34.3 Å². The number of hydrogen-bond acceptors (Lipinski definition) is 5. The van der Waals surface area contributed by atoms with E-state index in [1.165, 1.54) is 19.4 Å². The van der Waals surface area contributed by atoms with Crippen LogP contribution in [0.5, 0.6) is 0 Å². The molecule has 0 aliphatic carbocycles. The molecule has 5 atom stereocenters. The average molecular weight is 373 g/mol. The Morgan fingerprint density at radius 3 is 1.73 bits per heavy atom. The van der Waals surface area contributed by atoms with E-state index in [0.29, 0.717) is 42.6 Å². The summed E-state index contributed by atoms with van der Waals surface area (Å²) in [5.41, 5.74) is 0. The summed E-state index contributed by atoms with van der Waals surface area (Å²) >= 11 is 0. The Morgan fingerprint density at radius 1 is 0.808 bits per heavy atom. The van der Waals surface area contributed by atoms with Gasteiger partial charge >= 0.3 is 0 Å². The molecule has 2 heterocycles. The molecule has 26 heavy (non-hydrogen) atoms. The summed E-state index contributed by atoms with van der Waals surface area (Å²) in [5, 5.41) is 0. The van der Waals surface area contributed by atoms with Gasteiger partial charge in [-0.3, -0.25) is 4.90 Å². The van der Waals surface area contributed by atoms with E-state index in [9.17, 15) is 0 Å². The van der Waals surface area contributed by atoms with E-state index in [-0.39, 0.29) is 0 Å². The van der Waals surface area contributed by atoms with Gasteiger partial charge in [0.1, 0.15) is 0 Å². The van der Waals surface area contributed by atoms with Crippen molar-refractivity contribution in [3.63, 3.8) is 0 Å². The van der Waals surface area contributed by atoms with Gasteiger partial charge < -0.3 is 19.1 Å². The molecule has 0 aromatic rings. The summed E-state index contributed by atoms with van der Waals surface area (Å²) < 4.78 is 16.9. The predicted octanol–water partition coefficient (Wildman–Crippen LogP) is 3.41. The van der Waals surface area contributed by atoms with Crippen LogP contribution in [0.25, 0.3) is 0 Å². The Morgan fingerprint density at radius 2 is 1.35 bits per heavy atom. The van der Waals surface area contributed by atoms with Crippen LogP contribution in [0.1, 0.15) is 60.8 Å². The van der Waals surface area contributed by atoms with Crippen LogP contribution in [-0.2, 0) is 14.2 Å². The standard InChI is InChI=1S/C11H23NO2.C10H21NO/c1-8(2)14-9(3)11-6-10(13-5)7-12(11)4;1-8(2)12-9(3)10-6-5-7-11(10)4/h8-11H,6-7H2,1-5H3;8-10H,5-7H2,1-4H3/t9-,10?,11?;9-,10?/m00/s1. The van der Waals surface area contributed by atoms with E-state index in [0.717, 1.165) is 13.0 Å². The van der Waals surface area contributed by atoms with Crippen molar-refractivity contribution in [2.45, 2.75) is 103 Å². The van der Waals surface area contributed by atoms with Crippen LogP contribution in [0, 0.1) is 0 Å². The minimum absolute atomic E-state index is 0.292. The van der Waals surface area contributed by atoms with Crippen molar-refractivity contribution in [1.82, 2.24) is 9.80 Å². The fraction of sp³-hybridized carbons (Fsp3) is 1.00. The Balaban J connectivity index is 0.000000263. The highest BCUT2D eigenvalue weighted by Crippen LogP contribution is 2.23. The molecule has 2 saturated heterocycles. The van der Waals surface area contributed by atoms with Crippen LogP contribution in [0.3, 0.4) is 0 Å². The van der Waals surface area contributed by atoms with Crippen molar-refractivity contribution in [1.29, 1.82) is 0 Å². The summed E-state index contributed by atoms with van der Waals surface area (Å²) in [7, 11) is 6.12. The van der Waals surface area contributed by atoms with Gasteiger partial charge in [-0.2, -0.15) is 0 Å². The van der Waals surface area contributed by atoms with Gasteiger partial charge in [0.2, 0.25) is 0 Å². The van der Waals surface area contributed by atoms with Gasteiger partial charge in [0, 0.05) is 25.7 Å². The largest absolute Gasteiger partial charge is 0.380 e.